The van der Waals surface area contributed by atoms with E-state index in [2.05, 4.69) is 10.3 Å². The lowest BCUT2D eigenvalue weighted by Crippen LogP contribution is -2.09. The molecule has 0 aliphatic heterocycles. The Hall–Kier alpha value is -4.02. The summed E-state index contributed by atoms with van der Waals surface area (Å²) < 4.78 is 45.2. The van der Waals surface area contributed by atoms with Crippen molar-refractivity contribution in [3.05, 3.63) is 65.9 Å². The quantitative estimate of drug-likeness (QED) is 0.466. The van der Waals surface area contributed by atoms with Gasteiger partial charge in [-0.1, -0.05) is 12.1 Å². The minimum absolute atomic E-state index is 0.381. The lowest BCUT2D eigenvalue weighted by atomic mass is 10.1. The van der Waals surface area contributed by atoms with E-state index < -0.39 is 23.7 Å². The van der Waals surface area contributed by atoms with Crippen molar-refractivity contribution < 1.29 is 37.7 Å². The maximum atomic E-state index is 12.6. The number of nitrogens with zero attached hydrogens (tertiary/aromatic N) is 2. The molecule has 2 aromatic carbocycles. The van der Waals surface area contributed by atoms with E-state index in [-0.39, 0.29) is 0 Å². The Morgan fingerprint density at radius 1 is 1.03 bits per heavy atom. The largest absolute Gasteiger partial charge is 0.494 e. The molecule has 176 valence electrons. The Morgan fingerprint density at radius 2 is 1.61 bits per heavy atom. The van der Waals surface area contributed by atoms with E-state index in [1.165, 1.54) is 12.1 Å². The Labute approximate surface area is 187 Å². The predicted molar refractivity (Wildman–Crippen MR) is 114 cm³/mol. The second-order valence-electron chi connectivity index (χ2n) is 6.64. The molecule has 1 heterocycles. The Morgan fingerprint density at radius 3 is 2.09 bits per heavy atom. The van der Waals surface area contributed by atoms with Crippen LogP contribution < -0.4 is 10.1 Å². The number of aliphatic carboxylic acids is 2. The van der Waals surface area contributed by atoms with Gasteiger partial charge in [-0.15, -0.1) is 0 Å². The number of nitrogens with one attached hydrogen (secondary N) is 1. The molecule has 0 spiro atoms. The Balaban J connectivity index is 0.000000569. The lowest BCUT2D eigenvalue weighted by molar-refractivity contribution is -0.159. The first-order chi connectivity index (χ1) is 15.5. The van der Waals surface area contributed by atoms with Crippen LogP contribution in [0.1, 0.15) is 18.1 Å². The molecular formula is C22H22F3N3O5. The number of rotatable bonds is 6. The van der Waals surface area contributed by atoms with Gasteiger partial charge in [0, 0.05) is 19.2 Å². The number of halogens is 3. The maximum Gasteiger partial charge on any atom is 0.416 e. The SMILES string of the molecule is CCOc1ccc(-c2cnc(NCc3ccc(C(F)(F)F)cc3)n2C)cc1.O=C(O)C(=O)O. The molecule has 33 heavy (non-hydrogen) atoms. The van der Waals surface area contributed by atoms with Gasteiger partial charge in [0.2, 0.25) is 5.95 Å². The molecule has 0 amide bonds. The monoisotopic (exact) mass is 465 g/mol. The van der Waals surface area contributed by atoms with Crippen molar-refractivity contribution in [2.24, 2.45) is 7.05 Å². The van der Waals surface area contributed by atoms with Crippen LogP contribution in [0.5, 0.6) is 5.75 Å². The molecule has 0 saturated heterocycles. The van der Waals surface area contributed by atoms with Crippen molar-refractivity contribution in [3.8, 4) is 17.0 Å². The summed E-state index contributed by atoms with van der Waals surface area (Å²) in [6, 6.07) is 12.8. The summed E-state index contributed by atoms with van der Waals surface area (Å²) >= 11 is 0. The Kier molecular flexibility index (Phi) is 8.43. The normalized spacial score (nSPS) is 10.7. The fourth-order valence-electron chi connectivity index (χ4n) is 2.72. The van der Waals surface area contributed by atoms with Gasteiger partial charge in [0.15, 0.2) is 0 Å². The number of imidazole rings is 1. The first kappa shape index (κ1) is 25.2. The van der Waals surface area contributed by atoms with Crippen LogP contribution in [-0.4, -0.2) is 38.3 Å². The van der Waals surface area contributed by atoms with Gasteiger partial charge in [0.25, 0.3) is 0 Å². The molecule has 0 bridgehead atoms. The fraction of sp³-hybridized carbons (Fsp3) is 0.227. The van der Waals surface area contributed by atoms with Gasteiger partial charge >= 0.3 is 18.1 Å². The summed E-state index contributed by atoms with van der Waals surface area (Å²) in [5.74, 6) is -2.20. The van der Waals surface area contributed by atoms with Crippen molar-refractivity contribution in [1.82, 2.24) is 9.55 Å². The fourth-order valence-corrected chi connectivity index (χ4v) is 2.72. The highest BCUT2D eigenvalue weighted by molar-refractivity contribution is 6.27. The van der Waals surface area contributed by atoms with Gasteiger partial charge in [-0.2, -0.15) is 13.2 Å². The summed E-state index contributed by atoms with van der Waals surface area (Å²) in [6.07, 6.45) is -2.57. The topological polar surface area (TPSA) is 114 Å². The first-order valence-corrected chi connectivity index (χ1v) is 9.64. The summed E-state index contributed by atoms with van der Waals surface area (Å²) in [7, 11) is 1.88. The van der Waals surface area contributed by atoms with Crippen LogP contribution in [-0.2, 0) is 29.4 Å². The molecule has 3 N–H and O–H groups in total. The lowest BCUT2D eigenvalue weighted by Gasteiger charge is -2.10. The van der Waals surface area contributed by atoms with Gasteiger partial charge in [0.1, 0.15) is 5.75 Å². The highest BCUT2D eigenvalue weighted by Gasteiger charge is 2.29. The molecule has 0 aliphatic carbocycles. The molecule has 0 aliphatic rings. The minimum Gasteiger partial charge on any atom is -0.494 e. The summed E-state index contributed by atoms with van der Waals surface area (Å²) in [5, 5.41) is 17.9. The van der Waals surface area contributed by atoms with Gasteiger partial charge in [-0.05, 0) is 48.9 Å². The molecule has 0 saturated carbocycles. The summed E-state index contributed by atoms with van der Waals surface area (Å²) in [6.45, 7) is 2.93. The molecule has 8 nitrogen and oxygen atoms in total. The number of carboxylic acids is 2. The molecular weight excluding hydrogens is 443 g/mol. The van der Waals surface area contributed by atoms with Crippen LogP contribution in [0, 0.1) is 0 Å². The van der Waals surface area contributed by atoms with Gasteiger partial charge < -0.3 is 24.8 Å². The number of aromatic nitrogens is 2. The van der Waals surface area contributed by atoms with E-state index in [0.29, 0.717) is 19.1 Å². The number of anilines is 1. The van der Waals surface area contributed by atoms with Crippen LogP contribution >= 0.6 is 0 Å². The molecule has 0 radical (unpaired) electrons. The van der Waals surface area contributed by atoms with Gasteiger partial charge in [0.05, 0.1) is 24.1 Å². The zero-order valence-corrected chi connectivity index (χ0v) is 17.8. The van der Waals surface area contributed by atoms with Crippen LogP contribution in [0.4, 0.5) is 19.1 Å². The van der Waals surface area contributed by atoms with E-state index in [1.807, 2.05) is 42.8 Å². The maximum absolute atomic E-state index is 12.6. The van der Waals surface area contributed by atoms with Crippen LogP contribution in [0.3, 0.4) is 0 Å². The molecule has 0 fully saturated rings. The summed E-state index contributed by atoms with van der Waals surface area (Å²) in [5.41, 5.74) is 2.01. The third-order valence-corrected chi connectivity index (χ3v) is 4.36. The molecule has 11 heteroatoms. The van der Waals surface area contributed by atoms with Crippen LogP contribution in [0.2, 0.25) is 0 Å². The van der Waals surface area contributed by atoms with Crippen molar-refractivity contribution in [2.45, 2.75) is 19.6 Å². The summed E-state index contributed by atoms with van der Waals surface area (Å²) in [4.78, 5) is 22.6. The zero-order valence-electron chi connectivity index (χ0n) is 17.8. The van der Waals surface area contributed by atoms with E-state index in [1.54, 1.807) is 6.20 Å². The van der Waals surface area contributed by atoms with E-state index in [4.69, 9.17) is 24.5 Å². The predicted octanol–water partition coefficient (Wildman–Crippen LogP) is 4.27. The second kappa shape index (κ2) is 11.0. The highest BCUT2D eigenvalue weighted by Crippen LogP contribution is 2.29. The molecule has 1 aromatic heterocycles. The smallest absolute Gasteiger partial charge is 0.416 e. The molecule has 0 atom stereocenters. The average molecular weight is 465 g/mol. The van der Waals surface area contributed by atoms with Crippen molar-refractivity contribution >= 4 is 17.9 Å². The van der Waals surface area contributed by atoms with Crippen LogP contribution in [0.25, 0.3) is 11.3 Å². The minimum atomic E-state index is -4.32. The third kappa shape index (κ3) is 7.27. The van der Waals surface area contributed by atoms with Crippen LogP contribution in [0.15, 0.2) is 54.7 Å². The number of ether oxygens (including phenoxy) is 1. The first-order valence-electron chi connectivity index (χ1n) is 9.64. The molecule has 3 rings (SSSR count). The van der Waals surface area contributed by atoms with Crippen molar-refractivity contribution in [2.75, 3.05) is 11.9 Å². The average Bonchev–Trinajstić information content (AvgIpc) is 3.13. The number of carbonyl (C=O) groups is 2. The highest BCUT2D eigenvalue weighted by atomic mass is 19.4. The third-order valence-electron chi connectivity index (χ3n) is 4.36. The van der Waals surface area contributed by atoms with Gasteiger partial charge in [-0.3, -0.25) is 0 Å². The van der Waals surface area contributed by atoms with E-state index in [0.717, 1.165) is 34.7 Å². The number of alkyl halides is 3. The van der Waals surface area contributed by atoms with Crippen molar-refractivity contribution in [1.29, 1.82) is 0 Å². The number of hydrogen-bond acceptors (Lipinski definition) is 5. The zero-order chi connectivity index (χ0) is 24.6. The van der Waals surface area contributed by atoms with E-state index >= 15 is 0 Å². The Bertz CT molecular complexity index is 1070. The standard InChI is InChI=1S/C20H20F3N3O.C2H2O4/c1-3-27-17-10-6-15(7-11-17)18-13-25-19(26(18)2)24-12-14-4-8-16(9-5-14)20(21,22)23;3-1(4)2(5)6/h4-11,13H,3,12H2,1-2H3,(H,24,25);(H,3,4)(H,5,6). The number of carboxylic acid groups (broad SMARTS) is 2. The van der Waals surface area contributed by atoms with Crippen molar-refractivity contribution in [3.63, 3.8) is 0 Å². The van der Waals surface area contributed by atoms with Gasteiger partial charge in [-0.25, -0.2) is 14.6 Å². The van der Waals surface area contributed by atoms with E-state index in [9.17, 15) is 13.2 Å². The number of hydrogen-bond donors (Lipinski definition) is 3. The molecule has 0 unspecified atom stereocenters. The second-order valence-corrected chi connectivity index (χ2v) is 6.64. The number of benzene rings is 2. The molecule has 3 aromatic rings.